The van der Waals surface area contributed by atoms with Crippen molar-refractivity contribution in [3.05, 3.63) is 29.6 Å². The van der Waals surface area contributed by atoms with E-state index >= 15 is 0 Å². The molecular formula is C11H13ClFNO3. The summed E-state index contributed by atoms with van der Waals surface area (Å²) in [7, 11) is 1.24. The van der Waals surface area contributed by atoms with Crippen molar-refractivity contribution >= 4 is 23.3 Å². The van der Waals surface area contributed by atoms with E-state index in [1.165, 1.54) is 13.2 Å². The Balaban J connectivity index is 2.87. The Kier molecular flexibility index (Phi) is 5.18. The average Bonchev–Trinajstić information content (AvgIpc) is 2.35. The lowest BCUT2D eigenvalue weighted by Crippen LogP contribution is -2.22. The summed E-state index contributed by atoms with van der Waals surface area (Å²) in [5, 5.41) is 12.0. The largest absolute Gasteiger partial charge is 0.465 e. The maximum atomic E-state index is 13.0. The Morgan fingerprint density at radius 3 is 2.94 bits per heavy atom. The number of esters is 1. The molecule has 0 saturated carbocycles. The molecule has 94 valence electrons. The third-order valence-corrected chi connectivity index (χ3v) is 2.45. The normalized spacial score (nSPS) is 12.0. The van der Waals surface area contributed by atoms with Crippen LogP contribution in [0.25, 0.3) is 0 Å². The highest BCUT2D eigenvalue weighted by atomic mass is 35.5. The molecule has 6 heteroatoms. The number of aliphatic hydroxyl groups excluding tert-OH is 1. The molecule has 1 rings (SSSR count). The number of benzene rings is 1. The van der Waals surface area contributed by atoms with Crippen molar-refractivity contribution in [2.24, 2.45) is 0 Å². The average molecular weight is 262 g/mol. The number of carbonyl (C=O) groups is 1. The van der Waals surface area contributed by atoms with Gasteiger partial charge in [0.25, 0.3) is 0 Å². The number of anilines is 1. The van der Waals surface area contributed by atoms with Gasteiger partial charge in [0.1, 0.15) is 5.82 Å². The van der Waals surface area contributed by atoms with Crippen molar-refractivity contribution in [1.82, 2.24) is 0 Å². The quantitative estimate of drug-likeness (QED) is 0.625. The van der Waals surface area contributed by atoms with Crippen molar-refractivity contribution in [3.63, 3.8) is 0 Å². The Labute approximate surface area is 103 Å². The number of methoxy groups -OCH3 is 1. The standard InChI is InChI=1S/C11H13ClFNO3/c1-17-11(16)9-3-2-7(13)4-10(9)14-6-8(15)5-12/h2-4,8,14-15H,5-6H2,1H3. The zero-order valence-corrected chi connectivity index (χ0v) is 10.00. The first kappa shape index (κ1) is 13.7. The highest BCUT2D eigenvalue weighted by Crippen LogP contribution is 2.18. The van der Waals surface area contributed by atoms with Crippen LogP contribution in [0.4, 0.5) is 10.1 Å². The van der Waals surface area contributed by atoms with Crippen LogP contribution in [0, 0.1) is 5.82 Å². The van der Waals surface area contributed by atoms with Gasteiger partial charge >= 0.3 is 5.97 Å². The van der Waals surface area contributed by atoms with Gasteiger partial charge in [-0.1, -0.05) is 0 Å². The third-order valence-electron chi connectivity index (χ3n) is 2.09. The number of halogens is 2. The summed E-state index contributed by atoms with van der Waals surface area (Å²) in [6.07, 6.45) is -0.773. The predicted molar refractivity (Wildman–Crippen MR) is 63.0 cm³/mol. The van der Waals surface area contributed by atoms with Crippen LogP contribution in [-0.4, -0.2) is 36.7 Å². The Hall–Kier alpha value is -1.33. The van der Waals surface area contributed by atoms with Gasteiger partial charge in [-0.15, -0.1) is 11.6 Å². The molecule has 1 unspecified atom stereocenters. The third kappa shape index (κ3) is 3.87. The van der Waals surface area contributed by atoms with E-state index in [0.29, 0.717) is 0 Å². The number of alkyl halides is 1. The van der Waals surface area contributed by atoms with Gasteiger partial charge in [0, 0.05) is 6.54 Å². The molecule has 0 aliphatic heterocycles. The smallest absolute Gasteiger partial charge is 0.339 e. The van der Waals surface area contributed by atoms with Gasteiger partial charge in [-0.2, -0.15) is 0 Å². The van der Waals surface area contributed by atoms with Crippen LogP contribution in [0.2, 0.25) is 0 Å². The second-order valence-corrected chi connectivity index (χ2v) is 3.68. The van der Waals surface area contributed by atoms with Crippen LogP contribution in [0.3, 0.4) is 0 Å². The van der Waals surface area contributed by atoms with E-state index in [2.05, 4.69) is 10.1 Å². The minimum atomic E-state index is -0.773. The van der Waals surface area contributed by atoms with Crippen LogP contribution in [-0.2, 0) is 4.74 Å². The predicted octanol–water partition coefficient (Wildman–Crippen LogP) is 1.62. The zero-order valence-electron chi connectivity index (χ0n) is 9.24. The number of aliphatic hydroxyl groups is 1. The topological polar surface area (TPSA) is 58.6 Å². The highest BCUT2D eigenvalue weighted by Gasteiger charge is 2.13. The monoisotopic (exact) mass is 261 g/mol. The molecule has 0 fully saturated rings. The lowest BCUT2D eigenvalue weighted by Gasteiger charge is -2.13. The summed E-state index contributed by atoms with van der Waals surface area (Å²) < 4.78 is 17.6. The molecule has 1 aromatic carbocycles. The molecule has 17 heavy (non-hydrogen) atoms. The number of nitrogens with one attached hydrogen (secondary N) is 1. The first-order chi connectivity index (χ1) is 8.08. The fourth-order valence-electron chi connectivity index (χ4n) is 1.23. The minimum absolute atomic E-state index is 0.0515. The molecule has 4 nitrogen and oxygen atoms in total. The molecule has 0 aromatic heterocycles. The lowest BCUT2D eigenvalue weighted by atomic mass is 10.1. The van der Waals surface area contributed by atoms with Gasteiger partial charge in [-0.3, -0.25) is 0 Å². The van der Waals surface area contributed by atoms with Crippen molar-refractivity contribution in [3.8, 4) is 0 Å². The molecule has 0 amide bonds. The van der Waals surface area contributed by atoms with E-state index in [0.717, 1.165) is 12.1 Å². The SMILES string of the molecule is COC(=O)c1ccc(F)cc1NCC(O)CCl. The zero-order chi connectivity index (χ0) is 12.8. The lowest BCUT2D eigenvalue weighted by molar-refractivity contribution is 0.0601. The van der Waals surface area contributed by atoms with Crippen LogP contribution < -0.4 is 5.32 Å². The molecule has 0 radical (unpaired) electrons. The molecule has 2 N–H and O–H groups in total. The van der Waals surface area contributed by atoms with Gasteiger partial charge in [0.2, 0.25) is 0 Å². The molecule has 0 heterocycles. The van der Waals surface area contributed by atoms with E-state index in [9.17, 15) is 14.3 Å². The fourth-order valence-corrected chi connectivity index (χ4v) is 1.34. The molecule has 0 saturated heterocycles. The first-order valence-electron chi connectivity index (χ1n) is 4.94. The van der Waals surface area contributed by atoms with Gasteiger partial charge in [0.15, 0.2) is 0 Å². The van der Waals surface area contributed by atoms with Crippen molar-refractivity contribution in [2.75, 3.05) is 24.9 Å². The summed E-state index contributed by atoms with van der Waals surface area (Å²) in [5.41, 5.74) is 0.469. The summed E-state index contributed by atoms with van der Waals surface area (Å²) in [6.45, 7) is 0.122. The van der Waals surface area contributed by atoms with Gasteiger partial charge in [0.05, 0.1) is 30.3 Å². The van der Waals surface area contributed by atoms with E-state index in [1.54, 1.807) is 0 Å². The maximum Gasteiger partial charge on any atom is 0.339 e. The van der Waals surface area contributed by atoms with Gasteiger partial charge < -0.3 is 15.2 Å². The number of ether oxygens (including phenoxy) is 1. The summed E-state index contributed by atoms with van der Waals surface area (Å²) in [6, 6.07) is 3.64. The molecule has 0 bridgehead atoms. The van der Waals surface area contributed by atoms with E-state index in [4.69, 9.17) is 11.6 Å². The highest BCUT2D eigenvalue weighted by molar-refractivity contribution is 6.18. The van der Waals surface area contributed by atoms with Gasteiger partial charge in [-0.25, -0.2) is 9.18 Å². The fraction of sp³-hybridized carbons (Fsp3) is 0.364. The number of carbonyl (C=O) groups excluding carboxylic acids is 1. The second-order valence-electron chi connectivity index (χ2n) is 3.37. The summed E-state index contributed by atoms with van der Waals surface area (Å²) in [4.78, 5) is 11.4. The van der Waals surface area contributed by atoms with Crippen molar-refractivity contribution in [1.29, 1.82) is 0 Å². The molecule has 0 aliphatic carbocycles. The second kappa shape index (κ2) is 6.42. The maximum absolute atomic E-state index is 13.0. The van der Waals surface area contributed by atoms with Gasteiger partial charge in [-0.05, 0) is 18.2 Å². The number of hydrogen-bond acceptors (Lipinski definition) is 4. The van der Waals surface area contributed by atoms with E-state index in [-0.39, 0.29) is 23.7 Å². The molecule has 1 aromatic rings. The Morgan fingerprint density at radius 2 is 2.35 bits per heavy atom. The summed E-state index contributed by atoms with van der Waals surface area (Å²) in [5.74, 6) is -1.01. The van der Waals surface area contributed by atoms with Crippen LogP contribution in [0.5, 0.6) is 0 Å². The minimum Gasteiger partial charge on any atom is -0.465 e. The number of rotatable bonds is 5. The van der Waals surface area contributed by atoms with Crippen LogP contribution in [0.15, 0.2) is 18.2 Å². The molecular weight excluding hydrogens is 249 g/mol. The Morgan fingerprint density at radius 1 is 1.65 bits per heavy atom. The van der Waals surface area contributed by atoms with Crippen molar-refractivity contribution in [2.45, 2.75) is 6.10 Å². The van der Waals surface area contributed by atoms with Crippen LogP contribution in [0.1, 0.15) is 10.4 Å². The van der Waals surface area contributed by atoms with E-state index < -0.39 is 17.9 Å². The number of hydrogen-bond donors (Lipinski definition) is 2. The van der Waals surface area contributed by atoms with E-state index in [1.807, 2.05) is 0 Å². The van der Waals surface area contributed by atoms with Crippen LogP contribution >= 0.6 is 11.6 Å². The molecule has 1 atom stereocenters. The molecule has 0 aliphatic rings. The first-order valence-corrected chi connectivity index (χ1v) is 5.47. The summed E-state index contributed by atoms with van der Waals surface area (Å²) >= 11 is 5.42. The van der Waals surface area contributed by atoms with Crippen molar-refractivity contribution < 1.29 is 19.0 Å². The Bertz CT molecular complexity index is 400. The molecule has 0 spiro atoms.